The van der Waals surface area contributed by atoms with Crippen LogP contribution in [0.15, 0.2) is 53.3 Å². The third-order valence-electron chi connectivity index (χ3n) is 5.66. The highest BCUT2D eigenvalue weighted by Crippen LogP contribution is 2.31. The Balaban J connectivity index is 1.93. The maximum atomic E-state index is 13.2. The van der Waals surface area contributed by atoms with Crippen molar-refractivity contribution in [1.82, 2.24) is 19.7 Å². The normalized spacial score (nSPS) is 14.0. The van der Waals surface area contributed by atoms with E-state index in [4.69, 9.17) is 16.7 Å². The first kappa shape index (κ1) is 33.1. The second kappa shape index (κ2) is 12.8. The third-order valence-corrected chi connectivity index (χ3v) is 6.40. The largest absolute Gasteiger partial charge is 0.416 e. The molecule has 19 heteroatoms. The number of aliphatic hydroxyl groups is 1. The second-order valence-electron chi connectivity index (χ2n) is 8.79. The molecule has 4 N–H and O–H groups in total. The van der Waals surface area contributed by atoms with Gasteiger partial charge in [0.25, 0.3) is 0 Å². The van der Waals surface area contributed by atoms with E-state index in [9.17, 15) is 49.5 Å². The summed E-state index contributed by atoms with van der Waals surface area (Å²) in [6, 6.07) is 7.84. The molecule has 0 fully saturated rings. The minimum atomic E-state index is -5.09. The summed E-state index contributed by atoms with van der Waals surface area (Å²) in [4.78, 5) is 25.9. The van der Waals surface area contributed by atoms with E-state index in [0.717, 1.165) is 12.1 Å². The lowest BCUT2D eigenvalue weighted by atomic mass is 10.0. The fraction of sp³-hybridized carbons (Fsp3) is 0.348. The molecule has 230 valence electrons. The molecule has 1 heterocycles. The molecule has 2 aromatic carbocycles. The Bertz CT molecular complexity index is 1570. The van der Waals surface area contributed by atoms with Crippen molar-refractivity contribution in [3.05, 3.63) is 75.2 Å². The van der Waals surface area contributed by atoms with Gasteiger partial charge in [0.15, 0.2) is 11.9 Å². The molecule has 42 heavy (non-hydrogen) atoms. The fourth-order valence-electron chi connectivity index (χ4n) is 3.71. The highest BCUT2D eigenvalue weighted by atomic mass is 35.5. The van der Waals surface area contributed by atoms with Crippen LogP contribution >= 0.6 is 11.6 Å². The van der Waals surface area contributed by atoms with Crippen LogP contribution in [0, 0.1) is 0 Å². The van der Waals surface area contributed by atoms with E-state index in [0.29, 0.717) is 15.3 Å². The summed E-state index contributed by atoms with van der Waals surface area (Å²) in [5.74, 6) is -1.37. The van der Waals surface area contributed by atoms with E-state index >= 15 is 0 Å². The summed E-state index contributed by atoms with van der Waals surface area (Å²) >= 11 is 5.84. The number of benzene rings is 2. The van der Waals surface area contributed by atoms with Crippen molar-refractivity contribution in [1.29, 1.82) is 0 Å². The highest BCUT2D eigenvalue weighted by Gasteiger charge is 2.39. The van der Waals surface area contributed by atoms with Gasteiger partial charge >= 0.3 is 28.3 Å². The molecule has 0 spiro atoms. The predicted molar refractivity (Wildman–Crippen MR) is 135 cm³/mol. The summed E-state index contributed by atoms with van der Waals surface area (Å²) in [6.07, 6.45) is -13.2. The second-order valence-corrected chi connectivity index (χ2v) is 10.4. The van der Waals surface area contributed by atoms with Crippen LogP contribution in [-0.4, -0.2) is 52.7 Å². The Labute approximate surface area is 238 Å². The van der Waals surface area contributed by atoms with Crippen LogP contribution in [0.2, 0.25) is 5.02 Å². The number of nitrogens with two attached hydrogens (primary N) is 1. The van der Waals surface area contributed by atoms with Gasteiger partial charge in [-0.1, -0.05) is 23.7 Å². The van der Waals surface area contributed by atoms with Crippen molar-refractivity contribution in [3.63, 3.8) is 0 Å². The maximum Gasteiger partial charge on any atom is 0.416 e. The van der Waals surface area contributed by atoms with Crippen molar-refractivity contribution in [3.8, 4) is 11.4 Å². The monoisotopic (exact) mass is 645 g/mol. The van der Waals surface area contributed by atoms with Crippen molar-refractivity contribution in [2.45, 2.75) is 44.0 Å². The fourth-order valence-corrected chi connectivity index (χ4v) is 4.16. The van der Waals surface area contributed by atoms with Crippen LogP contribution < -0.4 is 16.1 Å². The third kappa shape index (κ3) is 9.02. The summed E-state index contributed by atoms with van der Waals surface area (Å²) in [5.41, 5.74) is -2.28. The molecule has 0 aliphatic rings. The molecule has 3 aromatic rings. The van der Waals surface area contributed by atoms with Crippen LogP contribution in [0.25, 0.3) is 11.4 Å². The molecule has 1 aromatic heterocycles. The van der Waals surface area contributed by atoms with E-state index in [2.05, 4.69) is 14.6 Å². The Morgan fingerprint density at radius 3 is 2.33 bits per heavy atom. The van der Waals surface area contributed by atoms with Crippen molar-refractivity contribution in [2.75, 3.05) is 6.61 Å². The first-order valence-corrected chi connectivity index (χ1v) is 13.5. The molecule has 0 aliphatic carbocycles. The summed E-state index contributed by atoms with van der Waals surface area (Å²) in [6.45, 7) is -2.83. The number of aromatic nitrogens is 3. The molecule has 3 rings (SSSR count). The number of carbonyl (C=O) groups is 1. The van der Waals surface area contributed by atoms with Gasteiger partial charge in [-0.15, -0.1) is 5.10 Å². The molecule has 11 nitrogen and oxygen atoms in total. The van der Waals surface area contributed by atoms with Crippen LogP contribution in [0.4, 0.5) is 26.3 Å². The predicted octanol–water partition coefficient (Wildman–Crippen LogP) is 2.77. The van der Waals surface area contributed by atoms with Gasteiger partial charge in [-0.3, -0.25) is 13.5 Å². The number of nitrogens with one attached hydrogen (secondary N) is 1. The van der Waals surface area contributed by atoms with E-state index in [-0.39, 0.29) is 28.4 Å². The van der Waals surface area contributed by atoms with Gasteiger partial charge in [-0.25, -0.2) is 14.6 Å². The molecule has 0 radical (unpaired) electrons. The average Bonchev–Trinajstić information content (AvgIpc) is 3.16. The van der Waals surface area contributed by atoms with Gasteiger partial charge in [0.2, 0.25) is 5.91 Å². The molecular weight excluding hydrogens is 624 g/mol. The van der Waals surface area contributed by atoms with Crippen molar-refractivity contribution >= 4 is 27.8 Å². The molecule has 2 unspecified atom stereocenters. The quantitative estimate of drug-likeness (QED) is 0.271. The highest BCUT2D eigenvalue weighted by molar-refractivity contribution is 7.84. The summed E-state index contributed by atoms with van der Waals surface area (Å²) in [7, 11) is -4.43. The zero-order valence-electron chi connectivity index (χ0n) is 21.1. The average molecular weight is 646 g/mol. The Hall–Kier alpha value is -3.45. The number of nitrogens with zero attached hydrogens (tertiary/aromatic N) is 3. The topological polar surface area (TPSA) is 159 Å². The Morgan fingerprint density at radius 1 is 1.12 bits per heavy atom. The lowest BCUT2D eigenvalue weighted by Gasteiger charge is -2.20. The molecule has 0 saturated heterocycles. The molecule has 2 atom stereocenters. The number of amides is 1. The van der Waals surface area contributed by atoms with Gasteiger partial charge < -0.3 is 10.4 Å². The summed E-state index contributed by atoms with van der Waals surface area (Å²) < 4.78 is 107. The zero-order valence-corrected chi connectivity index (χ0v) is 22.6. The Morgan fingerprint density at radius 2 is 1.76 bits per heavy atom. The Kier molecular flexibility index (Phi) is 10.1. The van der Waals surface area contributed by atoms with Crippen LogP contribution in [0.1, 0.15) is 23.6 Å². The number of carbonyl (C=O) groups excluding carboxylic acids is 1. The number of halogens is 7. The standard InChI is InChI=1S/C23H22ClF6N5O6S/c24-16-6-4-13(5-7-16)20-33-35(21(38)34(20)11-18(36)23(28,29)30)12-19(37)32-17(8-9-41-42(31,39)40)14-2-1-3-15(10-14)22(25,26)27/h1-7,10,17-18,36H,8-9,11-12H2,(H,32,37)(H2,31,39,40). The number of hydrogen-bond acceptors (Lipinski definition) is 7. The SMILES string of the molecule is NS(=O)(=O)OCCC(NC(=O)Cn1nc(-c2ccc(Cl)cc2)n(CC(O)C(F)(F)F)c1=O)c1cccc(C(F)(F)F)c1. The van der Waals surface area contributed by atoms with Crippen LogP contribution in [0.3, 0.4) is 0 Å². The van der Waals surface area contributed by atoms with E-state index < -0.39 is 71.7 Å². The first-order valence-electron chi connectivity index (χ1n) is 11.7. The van der Waals surface area contributed by atoms with Gasteiger partial charge in [0.1, 0.15) is 6.54 Å². The first-order chi connectivity index (χ1) is 19.3. The minimum Gasteiger partial charge on any atom is -0.382 e. The lowest BCUT2D eigenvalue weighted by Crippen LogP contribution is -2.39. The summed E-state index contributed by atoms with van der Waals surface area (Å²) in [5, 5.41) is 20.9. The van der Waals surface area contributed by atoms with Gasteiger partial charge in [0.05, 0.1) is 24.8 Å². The van der Waals surface area contributed by atoms with Crippen molar-refractivity contribution < 1.29 is 48.8 Å². The van der Waals surface area contributed by atoms with Gasteiger partial charge in [0, 0.05) is 10.6 Å². The van der Waals surface area contributed by atoms with Crippen LogP contribution in [0.5, 0.6) is 0 Å². The molecule has 0 saturated carbocycles. The van der Waals surface area contributed by atoms with E-state index in [1.54, 1.807) is 0 Å². The van der Waals surface area contributed by atoms with E-state index in [1.165, 1.54) is 30.3 Å². The van der Waals surface area contributed by atoms with Gasteiger partial charge in [-0.05, 0) is 48.4 Å². The molecule has 1 amide bonds. The molecule has 0 bridgehead atoms. The lowest BCUT2D eigenvalue weighted by molar-refractivity contribution is -0.207. The number of hydrogen-bond donors (Lipinski definition) is 3. The van der Waals surface area contributed by atoms with E-state index in [1.807, 2.05) is 0 Å². The number of alkyl halides is 6. The van der Waals surface area contributed by atoms with Crippen LogP contribution in [-0.2, 0) is 38.5 Å². The zero-order chi connectivity index (χ0) is 31.5. The molecule has 0 aliphatic heterocycles. The maximum absolute atomic E-state index is 13.2. The van der Waals surface area contributed by atoms with Gasteiger partial charge in [-0.2, -0.15) is 34.8 Å². The molecular formula is C23H22ClF6N5O6S. The number of rotatable bonds is 11. The van der Waals surface area contributed by atoms with Crippen molar-refractivity contribution in [2.24, 2.45) is 5.14 Å². The number of aliphatic hydroxyl groups excluding tert-OH is 1. The minimum absolute atomic E-state index is 0.107. The smallest absolute Gasteiger partial charge is 0.382 e.